The van der Waals surface area contributed by atoms with E-state index < -0.39 is 35.8 Å². The van der Waals surface area contributed by atoms with Gasteiger partial charge in [-0.2, -0.15) is 0 Å². The molecule has 0 spiro atoms. The van der Waals surface area contributed by atoms with Gasteiger partial charge in [0.05, 0.1) is 33.4 Å². The summed E-state index contributed by atoms with van der Waals surface area (Å²) in [7, 11) is 0. The maximum atomic E-state index is 10.6. The number of hydrogen-bond acceptors (Lipinski definition) is 6. The number of rotatable bonds is 6. The predicted octanol–water partition coefficient (Wildman–Crippen LogP) is 1.56. The molecule has 0 atom stereocenters. The number of benzene rings is 2. The molecule has 2 aromatic carbocycles. The smallest absolute Gasteiger partial charge is 0.335 e. The molecule has 6 N–H and O–H groups in total. The summed E-state index contributed by atoms with van der Waals surface area (Å²) in [5.74, 6) is -8.25. The normalized spacial score (nSPS) is 9.00. The fourth-order valence-electron chi connectivity index (χ4n) is 2.00. The predicted molar refractivity (Wildman–Crippen MR) is 94.6 cm³/mol. The van der Waals surface area contributed by atoms with Crippen LogP contribution in [0.4, 0.5) is 0 Å². The van der Waals surface area contributed by atoms with E-state index in [4.69, 9.17) is 30.6 Å². The Morgan fingerprint density at radius 3 is 0.500 bits per heavy atom. The van der Waals surface area contributed by atoms with E-state index in [-0.39, 0.29) is 67.5 Å². The third-order valence-corrected chi connectivity index (χ3v) is 3.35. The Hall–Kier alpha value is -3.70. The first kappa shape index (κ1) is 30.5. The molecule has 32 heavy (non-hydrogen) atoms. The van der Waals surface area contributed by atoms with E-state index in [0.717, 1.165) is 36.4 Å². The second kappa shape index (κ2) is 12.9. The van der Waals surface area contributed by atoms with Crippen molar-refractivity contribution >= 4 is 35.8 Å². The maximum absolute atomic E-state index is 10.6. The minimum absolute atomic E-state index is 0. The molecule has 0 heterocycles. The van der Waals surface area contributed by atoms with E-state index in [1.807, 2.05) is 0 Å². The summed E-state index contributed by atoms with van der Waals surface area (Å²) in [6, 6.07) is 5.40. The zero-order valence-electron chi connectivity index (χ0n) is 15.2. The van der Waals surface area contributed by atoms with Gasteiger partial charge in [-0.15, -0.1) is 0 Å². The topological polar surface area (TPSA) is 224 Å². The molecular formula is C18H12Cu2O12. The van der Waals surface area contributed by atoms with E-state index in [0.29, 0.717) is 0 Å². The van der Waals surface area contributed by atoms with Gasteiger partial charge in [-0.05, 0) is 36.4 Å². The summed E-state index contributed by atoms with van der Waals surface area (Å²) in [5.41, 5.74) is -2.21. The molecule has 0 aliphatic carbocycles. The molecule has 0 unspecified atom stereocenters. The van der Waals surface area contributed by atoms with Crippen molar-refractivity contribution in [2.45, 2.75) is 0 Å². The summed E-state index contributed by atoms with van der Waals surface area (Å²) >= 11 is 0. The Bertz CT molecular complexity index is 834. The van der Waals surface area contributed by atoms with Crippen LogP contribution in [0.25, 0.3) is 0 Å². The summed E-state index contributed by atoms with van der Waals surface area (Å²) in [6.07, 6.45) is 0. The molecule has 12 nitrogen and oxygen atoms in total. The third-order valence-electron chi connectivity index (χ3n) is 3.35. The molecule has 2 rings (SSSR count). The van der Waals surface area contributed by atoms with Gasteiger partial charge in [-0.3, -0.25) is 0 Å². The van der Waals surface area contributed by atoms with E-state index >= 15 is 0 Å². The van der Waals surface area contributed by atoms with E-state index in [9.17, 15) is 28.8 Å². The number of carbonyl (C=O) groups is 6. The zero-order chi connectivity index (χ0) is 23.2. The van der Waals surface area contributed by atoms with Crippen molar-refractivity contribution in [3.63, 3.8) is 0 Å². The first-order valence-electron chi connectivity index (χ1n) is 7.53. The zero-order valence-corrected chi connectivity index (χ0v) is 17.1. The van der Waals surface area contributed by atoms with Gasteiger partial charge in [-0.1, -0.05) is 0 Å². The first-order chi connectivity index (χ1) is 13.8. The SMILES string of the molecule is O=C(O)c1cc(C(=O)O)cc(C(=O)O)c1.O=C(O)c1cc(C(=O)O)cc(C(=O)O)c1.[Cu].[Cu]. The van der Waals surface area contributed by atoms with Gasteiger partial charge in [-0.25, -0.2) is 28.8 Å². The van der Waals surface area contributed by atoms with Crippen molar-refractivity contribution in [2.75, 3.05) is 0 Å². The van der Waals surface area contributed by atoms with Crippen LogP contribution >= 0.6 is 0 Å². The molecule has 0 bridgehead atoms. The molecule has 2 radical (unpaired) electrons. The van der Waals surface area contributed by atoms with Crippen LogP contribution in [0.2, 0.25) is 0 Å². The van der Waals surface area contributed by atoms with Crippen molar-refractivity contribution in [1.29, 1.82) is 0 Å². The van der Waals surface area contributed by atoms with Crippen LogP contribution < -0.4 is 0 Å². The van der Waals surface area contributed by atoms with Gasteiger partial charge < -0.3 is 30.6 Å². The standard InChI is InChI=1S/2C9H6O6.2Cu/c2*10-7(11)4-1-5(8(12)13)3-6(2-4)9(14)15;;/h2*1-3H,(H,10,11)(H,12,13)(H,14,15);;. The van der Waals surface area contributed by atoms with Crippen molar-refractivity contribution in [1.82, 2.24) is 0 Å². The molecular weight excluding hydrogens is 535 g/mol. The van der Waals surface area contributed by atoms with Crippen molar-refractivity contribution in [3.05, 3.63) is 69.8 Å². The van der Waals surface area contributed by atoms with Gasteiger partial charge in [0.15, 0.2) is 0 Å². The van der Waals surface area contributed by atoms with Crippen LogP contribution in [0.5, 0.6) is 0 Å². The van der Waals surface area contributed by atoms with E-state index in [2.05, 4.69) is 0 Å². The number of hydrogen-bond donors (Lipinski definition) is 6. The van der Waals surface area contributed by atoms with E-state index in [1.165, 1.54) is 0 Å². The molecule has 0 saturated heterocycles. The molecule has 0 amide bonds. The molecule has 178 valence electrons. The second-order valence-corrected chi connectivity index (χ2v) is 5.43. The Kier molecular flexibility index (Phi) is 12.3. The Labute approximate surface area is 199 Å². The number of carboxylic acids is 6. The average Bonchev–Trinajstić information content (AvgIpc) is 2.67. The summed E-state index contributed by atoms with van der Waals surface area (Å²) in [4.78, 5) is 63.4. The summed E-state index contributed by atoms with van der Waals surface area (Å²) in [5, 5.41) is 51.7. The van der Waals surface area contributed by atoms with Gasteiger partial charge in [0.2, 0.25) is 0 Å². The van der Waals surface area contributed by atoms with Crippen LogP contribution in [-0.2, 0) is 34.1 Å². The Balaban J connectivity index is 0. The fourth-order valence-corrected chi connectivity index (χ4v) is 2.00. The molecule has 0 fully saturated rings. The summed E-state index contributed by atoms with van der Waals surface area (Å²) < 4.78 is 0. The van der Waals surface area contributed by atoms with Crippen LogP contribution in [0, 0.1) is 0 Å². The number of carboxylic acid groups (broad SMARTS) is 6. The minimum Gasteiger partial charge on any atom is -0.478 e. The van der Waals surface area contributed by atoms with Gasteiger partial charge >= 0.3 is 35.8 Å². The van der Waals surface area contributed by atoms with Crippen molar-refractivity contribution in [3.8, 4) is 0 Å². The second-order valence-electron chi connectivity index (χ2n) is 5.43. The third kappa shape index (κ3) is 8.58. The fraction of sp³-hybridized carbons (Fsp3) is 0. The van der Waals surface area contributed by atoms with Crippen LogP contribution in [0.1, 0.15) is 62.1 Å². The summed E-state index contributed by atoms with van der Waals surface area (Å²) in [6.45, 7) is 0. The molecule has 0 aromatic heterocycles. The van der Waals surface area contributed by atoms with Crippen molar-refractivity contribution in [2.24, 2.45) is 0 Å². The van der Waals surface area contributed by atoms with Gasteiger partial charge in [0.25, 0.3) is 0 Å². The van der Waals surface area contributed by atoms with Crippen LogP contribution in [0.15, 0.2) is 36.4 Å². The molecule has 0 aliphatic rings. The Morgan fingerprint density at radius 1 is 0.344 bits per heavy atom. The van der Waals surface area contributed by atoms with Crippen LogP contribution in [0.3, 0.4) is 0 Å². The van der Waals surface area contributed by atoms with Gasteiger partial charge in [0, 0.05) is 34.1 Å². The maximum Gasteiger partial charge on any atom is 0.335 e. The molecule has 0 saturated carbocycles. The van der Waals surface area contributed by atoms with Crippen LogP contribution in [-0.4, -0.2) is 66.5 Å². The molecule has 14 heteroatoms. The number of aromatic carboxylic acids is 6. The quantitative estimate of drug-likeness (QED) is 0.283. The molecule has 2 aromatic rings. The first-order valence-corrected chi connectivity index (χ1v) is 7.53. The molecule has 0 aliphatic heterocycles. The average molecular weight is 547 g/mol. The van der Waals surface area contributed by atoms with Gasteiger partial charge in [0.1, 0.15) is 0 Å². The van der Waals surface area contributed by atoms with E-state index in [1.54, 1.807) is 0 Å². The largest absolute Gasteiger partial charge is 0.478 e. The minimum atomic E-state index is -1.37. The monoisotopic (exact) mass is 546 g/mol. The van der Waals surface area contributed by atoms with Crippen molar-refractivity contribution < 1.29 is 93.5 Å². The Morgan fingerprint density at radius 2 is 0.438 bits per heavy atom.